The quantitative estimate of drug-likeness (QED) is 0.510. The van der Waals surface area contributed by atoms with Gasteiger partial charge in [0.2, 0.25) is 5.82 Å². The molecule has 0 saturated heterocycles. The molecule has 7 heteroatoms. The summed E-state index contributed by atoms with van der Waals surface area (Å²) in [6.07, 6.45) is 0. The molecule has 0 aliphatic carbocycles. The molecule has 24 heavy (non-hydrogen) atoms. The first-order chi connectivity index (χ1) is 11.7. The van der Waals surface area contributed by atoms with E-state index in [4.69, 9.17) is 14.0 Å². The van der Waals surface area contributed by atoms with Gasteiger partial charge >= 0.3 is 0 Å². The highest BCUT2D eigenvalue weighted by Crippen LogP contribution is 2.30. The Morgan fingerprint density at radius 1 is 1.04 bits per heavy atom. The Morgan fingerprint density at radius 3 is 2.67 bits per heavy atom. The van der Waals surface area contributed by atoms with E-state index < -0.39 is 0 Å². The Labute approximate surface area is 156 Å². The van der Waals surface area contributed by atoms with Crippen molar-refractivity contribution in [3.63, 3.8) is 0 Å². The van der Waals surface area contributed by atoms with Gasteiger partial charge in [-0.25, -0.2) is 0 Å². The average molecular weight is 454 g/mol. The zero-order valence-electron chi connectivity index (χ0n) is 12.8. The van der Waals surface area contributed by atoms with Crippen molar-refractivity contribution in [1.82, 2.24) is 10.1 Å². The minimum absolute atomic E-state index is 0.185. The van der Waals surface area contributed by atoms with Gasteiger partial charge in [0.05, 0.1) is 16.6 Å². The van der Waals surface area contributed by atoms with Crippen molar-refractivity contribution < 1.29 is 14.0 Å². The van der Waals surface area contributed by atoms with E-state index in [2.05, 4.69) is 42.0 Å². The first-order valence-corrected chi connectivity index (χ1v) is 8.88. The molecule has 0 fully saturated rings. The lowest BCUT2D eigenvalue weighted by molar-refractivity contribution is 0.241. The molecule has 3 aromatic rings. The summed E-state index contributed by atoms with van der Waals surface area (Å²) in [7, 11) is 0. The highest BCUT2D eigenvalue weighted by Gasteiger charge is 2.14. The fraction of sp³-hybridized carbons (Fsp3) is 0.176. The first-order valence-electron chi connectivity index (χ1n) is 7.30. The van der Waals surface area contributed by atoms with Crippen LogP contribution in [0, 0.1) is 0 Å². The van der Waals surface area contributed by atoms with Gasteiger partial charge in [-0.3, -0.25) is 0 Å². The number of halogens is 2. The van der Waals surface area contributed by atoms with Crippen molar-refractivity contribution in [2.24, 2.45) is 0 Å². The van der Waals surface area contributed by atoms with E-state index in [1.165, 1.54) is 0 Å². The lowest BCUT2D eigenvalue weighted by Crippen LogP contribution is -1.97. The van der Waals surface area contributed by atoms with Crippen LogP contribution in [0.15, 0.2) is 55.9 Å². The summed E-state index contributed by atoms with van der Waals surface area (Å²) in [5.41, 5.74) is 0.791. The molecule has 5 nitrogen and oxygen atoms in total. The first kappa shape index (κ1) is 17.0. The molecule has 0 N–H and O–H groups in total. The van der Waals surface area contributed by atoms with E-state index in [0.29, 0.717) is 24.1 Å². The van der Waals surface area contributed by atoms with Crippen molar-refractivity contribution in [3.05, 3.63) is 57.3 Å². The van der Waals surface area contributed by atoms with Crippen LogP contribution >= 0.6 is 31.9 Å². The summed E-state index contributed by atoms with van der Waals surface area (Å²) in [6, 6.07) is 13.3. The molecule has 3 rings (SSSR count). The molecular weight excluding hydrogens is 440 g/mol. The Morgan fingerprint density at radius 2 is 1.88 bits per heavy atom. The van der Waals surface area contributed by atoms with Crippen LogP contribution in [0.25, 0.3) is 11.4 Å². The van der Waals surface area contributed by atoms with E-state index in [1.54, 1.807) is 0 Å². The maximum absolute atomic E-state index is 5.71. The summed E-state index contributed by atoms with van der Waals surface area (Å²) in [5, 5.41) is 4.01. The Kier molecular flexibility index (Phi) is 5.52. The van der Waals surface area contributed by atoms with E-state index >= 15 is 0 Å². The topological polar surface area (TPSA) is 57.4 Å². The molecule has 0 aliphatic heterocycles. The zero-order chi connectivity index (χ0) is 16.9. The Balaban J connectivity index is 1.74. The second-order valence-electron chi connectivity index (χ2n) is 4.80. The van der Waals surface area contributed by atoms with Gasteiger partial charge in [-0.1, -0.05) is 33.2 Å². The molecule has 0 bridgehead atoms. The van der Waals surface area contributed by atoms with Gasteiger partial charge in [-0.15, -0.1) is 0 Å². The predicted octanol–water partition coefficient (Wildman–Crippen LogP) is 5.24. The van der Waals surface area contributed by atoms with Gasteiger partial charge in [-0.2, -0.15) is 4.98 Å². The van der Waals surface area contributed by atoms with Gasteiger partial charge in [0, 0.05) is 4.47 Å². The molecule has 0 aliphatic rings. The predicted molar refractivity (Wildman–Crippen MR) is 97.1 cm³/mol. The molecular formula is C17H14Br2N2O3. The molecule has 0 radical (unpaired) electrons. The van der Waals surface area contributed by atoms with Crippen LogP contribution in [0.2, 0.25) is 0 Å². The fourth-order valence-corrected chi connectivity index (χ4v) is 3.25. The molecule has 0 spiro atoms. The molecule has 0 saturated carbocycles. The third kappa shape index (κ3) is 3.96. The average Bonchev–Trinajstić information content (AvgIpc) is 3.04. The second-order valence-corrected chi connectivity index (χ2v) is 6.57. The third-order valence-electron chi connectivity index (χ3n) is 3.14. The number of benzene rings is 2. The highest BCUT2D eigenvalue weighted by atomic mass is 79.9. The smallest absolute Gasteiger partial charge is 0.264 e. The number of para-hydroxylation sites is 1. The van der Waals surface area contributed by atoms with Gasteiger partial charge in [0.15, 0.2) is 6.61 Å². The monoisotopic (exact) mass is 452 g/mol. The normalized spacial score (nSPS) is 10.6. The molecule has 0 unspecified atom stereocenters. The number of aromatic nitrogens is 2. The number of hydrogen-bond donors (Lipinski definition) is 0. The number of hydrogen-bond acceptors (Lipinski definition) is 5. The largest absolute Gasteiger partial charge is 0.493 e. The van der Waals surface area contributed by atoms with Crippen molar-refractivity contribution in [3.8, 4) is 22.9 Å². The van der Waals surface area contributed by atoms with E-state index in [-0.39, 0.29) is 6.61 Å². The molecule has 0 atom stereocenters. The van der Waals surface area contributed by atoms with Crippen molar-refractivity contribution >= 4 is 31.9 Å². The summed E-state index contributed by atoms with van der Waals surface area (Å²) >= 11 is 6.85. The SMILES string of the molecule is CCOc1ccccc1-c1noc(COc2ccc(Br)cc2Br)n1. The number of nitrogens with zero attached hydrogens (tertiary/aromatic N) is 2. The second kappa shape index (κ2) is 7.81. The standard InChI is InChI=1S/C17H14Br2N2O3/c1-2-22-14-6-4-3-5-12(14)17-20-16(24-21-17)10-23-15-8-7-11(18)9-13(15)19/h3-9H,2,10H2,1H3. The molecule has 124 valence electrons. The van der Waals surface area contributed by atoms with Crippen LogP contribution in [0.3, 0.4) is 0 Å². The maximum Gasteiger partial charge on any atom is 0.264 e. The number of rotatable bonds is 6. The van der Waals surface area contributed by atoms with Gasteiger partial charge in [0.1, 0.15) is 11.5 Å². The minimum Gasteiger partial charge on any atom is -0.493 e. The minimum atomic E-state index is 0.185. The Bertz CT molecular complexity index is 836. The van der Waals surface area contributed by atoms with Gasteiger partial charge in [-0.05, 0) is 53.2 Å². The lowest BCUT2D eigenvalue weighted by Gasteiger charge is -2.06. The van der Waals surface area contributed by atoms with Crippen LogP contribution in [-0.2, 0) is 6.61 Å². The summed E-state index contributed by atoms with van der Waals surface area (Å²) in [5.74, 6) is 2.30. The van der Waals surface area contributed by atoms with Gasteiger partial charge < -0.3 is 14.0 Å². The zero-order valence-corrected chi connectivity index (χ0v) is 16.0. The van der Waals surface area contributed by atoms with Crippen molar-refractivity contribution in [2.45, 2.75) is 13.5 Å². The van der Waals surface area contributed by atoms with Crippen molar-refractivity contribution in [1.29, 1.82) is 0 Å². The van der Waals surface area contributed by atoms with E-state index in [1.807, 2.05) is 49.4 Å². The maximum atomic E-state index is 5.71. The van der Waals surface area contributed by atoms with Crippen molar-refractivity contribution in [2.75, 3.05) is 6.61 Å². The third-order valence-corrected chi connectivity index (χ3v) is 4.25. The summed E-state index contributed by atoms with van der Waals surface area (Å²) in [4.78, 5) is 4.38. The Hall–Kier alpha value is -1.86. The summed E-state index contributed by atoms with van der Waals surface area (Å²) < 4.78 is 18.4. The number of ether oxygens (including phenoxy) is 2. The molecule has 1 aromatic heterocycles. The summed E-state index contributed by atoms with van der Waals surface area (Å²) in [6.45, 7) is 2.69. The van der Waals surface area contributed by atoms with E-state index in [0.717, 1.165) is 20.3 Å². The van der Waals surface area contributed by atoms with Crippen LogP contribution in [-0.4, -0.2) is 16.7 Å². The van der Waals surface area contributed by atoms with E-state index in [9.17, 15) is 0 Å². The van der Waals surface area contributed by atoms with Crippen LogP contribution < -0.4 is 9.47 Å². The fourth-order valence-electron chi connectivity index (χ4n) is 2.09. The molecule has 0 amide bonds. The van der Waals surface area contributed by atoms with Crippen LogP contribution in [0.5, 0.6) is 11.5 Å². The van der Waals surface area contributed by atoms with Crippen LogP contribution in [0.1, 0.15) is 12.8 Å². The molecule has 2 aromatic carbocycles. The molecule has 1 heterocycles. The van der Waals surface area contributed by atoms with Crippen LogP contribution in [0.4, 0.5) is 0 Å². The van der Waals surface area contributed by atoms with Gasteiger partial charge in [0.25, 0.3) is 5.89 Å². The highest BCUT2D eigenvalue weighted by molar-refractivity contribution is 9.11. The lowest BCUT2D eigenvalue weighted by atomic mass is 10.2.